The van der Waals surface area contributed by atoms with Gasteiger partial charge in [0.05, 0.1) is 23.9 Å². The first-order valence-electron chi connectivity index (χ1n) is 5.86. The van der Waals surface area contributed by atoms with Gasteiger partial charge >= 0.3 is 6.09 Å². The Morgan fingerprint density at radius 2 is 2.30 bits per heavy atom. The topological polar surface area (TPSA) is 105 Å². The Morgan fingerprint density at radius 1 is 1.50 bits per heavy atom. The number of nitrogens with one attached hydrogen (secondary N) is 2. The van der Waals surface area contributed by atoms with E-state index in [1.807, 2.05) is 0 Å². The molecule has 0 aliphatic carbocycles. The standard InChI is InChI=1S/C12H14N4O4/c1-20-5-3-13-11(17)9-7-14-16-4-2-8(6-10(9)16)15-12(18)19/h2,4,6-7,15H,3,5H2,1H3,(H,13,17)(H,18,19). The normalized spacial score (nSPS) is 10.4. The van der Waals surface area contributed by atoms with Gasteiger partial charge in [0.1, 0.15) is 0 Å². The summed E-state index contributed by atoms with van der Waals surface area (Å²) >= 11 is 0. The van der Waals surface area contributed by atoms with Crippen LogP contribution in [0.25, 0.3) is 5.52 Å². The first-order chi connectivity index (χ1) is 9.61. The third kappa shape index (κ3) is 3.04. The van der Waals surface area contributed by atoms with E-state index in [4.69, 9.17) is 9.84 Å². The summed E-state index contributed by atoms with van der Waals surface area (Å²) in [5.41, 5.74) is 1.26. The van der Waals surface area contributed by atoms with E-state index < -0.39 is 6.09 Å². The average molecular weight is 278 g/mol. The number of carbonyl (C=O) groups is 2. The molecular weight excluding hydrogens is 264 g/mol. The largest absolute Gasteiger partial charge is 0.465 e. The first-order valence-corrected chi connectivity index (χ1v) is 5.86. The number of ether oxygens (including phenoxy) is 1. The molecule has 106 valence electrons. The summed E-state index contributed by atoms with van der Waals surface area (Å²) in [6.45, 7) is 0.802. The molecule has 0 atom stereocenters. The van der Waals surface area contributed by atoms with Gasteiger partial charge < -0.3 is 15.2 Å². The van der Waals surface area contributed by atoms with E-state index in [1.165, 1.54) is 10.7 Å². The summed E-state index contributed by atoms with van der Waals surface area (Å²) in [7, 11) is 1.55. The van der Waals surface area contributed by atoms with Gasteiger partial charge in [0.25, 0.3) is 5.91 Å². The molecule has 2 aromatic heterocycles. The van der Waals surface area contributed by atoms with E-state index in [1.54, 1.807) is 25.4 Å². The van der Waals surface area contributed by atoms with Gasteiger partial charge in [0, 0.05) is 25.5 Å². The molecule has 0 aromatic carbocycles. The lowest BCUT2D eigenvalue weighted by Gasteiger charge is -2.04. The molecule has 0 saturated carbocycles. The number of anilines is 1. The number of carboxylic acid groups (broad SMARTS) is 1. The molecule has 2 amide bonds. The Hall–Kier alpha value is -2.61. The Kier molecular flexibility index (Phi) is 4.16. The monoisotopic (exact) mass is 278 g/mol. The SMILES string of the molecule is COCCNC(=O)c1cnn2ccc(NC(=O)O)cc12. The van der Waals surface area contributed by atoms with Gasteiger partial charge in [-0.15, -0.1) is 0 Å². The summed E-state index contributed by atoms with van der Waals surface area (Å²) < 4.78 is 6.35. The van der Waals surface area contributed by atoms with Crippen molar-refractivity contribution in [1.82, 2.24) is 14.9 Å². The number of amides is 2. The highest BCUT2D eigenvalue weighted by Crippen LogP contribution is 2.16. The van der Waals surface area contributed by atoms with Crippen molar-refractivity contribution in [3.05, 3.63) is 30.1 Å². The Bertz CT molecular complexity index is 637. The van der Waals surface area contributed by atoms with E-state index in [0.29, 0.717) is 29.9 Å². The molecule has 20 heavy (non-hydrogen) atoms. The second-order valence-corrected chi connectivity index (χ2v) is 3.98. The fourth-order valence-electron chi connectivity index (χ4n) is 1.72. The highest BCUT2D eigenvalue weighted by molar-refractivity contribution is 6.01. The molecular formula is C12H14N4O4. The maximum absolute atomic E-state index is 12.0. The van der Waals surface area contributed by atoms with E-state index in [9.17, 15) is 9.59 Å². The van der Waals surface area contributed by atoms with Crippen molar-refractivity contribution in [1.29, 1.82) is 0 Å². The summed E-state index contributed by atoms with van der Waals surface area (Å²) in [5.74, 6) is -0.287. The molecule has 0 saturated heterocycles. The predicted octanol–water partition coefficient (Wildman–Crippen LogP) is 0.800. The van der Waals surface area contributed by atoms with E-state index in [2.05, 4.69) is 15.7 Å². The van der Waals surface area contributed by atoms with Crippen molar-refractivity contribution in [2.45, 2.75) is 0 Å². The molecule has 0 fully saturated rings. The molecule has 2 heterocycles. The van der Waals surface area contributed by atoms with Crippen molar-refractivity contribution < 1.29 is 19.4 Å². The fraction of sp³-hybridized carbons (Fsp3) is 0.250. The maximum atomic E-state index is 12.0. The van der Waals surface area contributed by atoms with E-state index >= 15 is 0 Å². The zero-order valence-corrected chi connectivity index (χ0v) is 10.8. The molecule has 8 heteroatoms. The molecule has 0 radical (unpaired) electrons. The zero-order valence-electron chi connectivity index (χ0n) is 10.8. The minimum Gasteiger partial charge on any atom is -0.465 e. The second kappa shape index (κ2) is 6.02. The number of carbonyl (C=O) groups excluding carboxylic acids is 1. The lowest BCUT2D eigenvalue weighted by atomic mass is 10.2. The fourth-order valence-corrected chi connectivity index (χ4v) is 1.72. The van der Waals surface area contributed by atoms with Gasteiger partial charge in [-0.05, 0) is 12.1 Å². The van der Waals surface area contributed by atoms with Crippen LogP contribution in [0.2, 0.25) is 0 Å². The van der Waals surface area contributed by atoms with Gasteiger partial charge in [-0.1, -0.05) is 0 Å². The molecule has 2 aromatic rings. The Labute approximate surface area is 114 Å². The number of hydrogen-bond acceptors (Lipinski definition) is 4. The van der Waals surface area contributed by atoms with Crippen LogP contribution in [-0.4, -0.2) is 47.0 Å². The number of pyridine rings is 1. The van der Waals surface area contributed by atoms with Crippen LogP contribution in [-0.2, 0) is 4.74 Å². The van der Waals surface area contributed by atoms with Crippen molar-refractivity contribution in [3.63, 3.8) is 0 Å². The van der Waals surface area contributed by atoms with Crippen molar-refractivity contribution in [2.75, 3.05) is 25.6 Å². The van der Waals surface area contributed by atoms with Crippen LogP contribution in [0.5, 0.6) is 0 Å². The third-order valence-electron chi connectivity index (χ3n) is 2.61. The van der Waals surface area contributed by atoms with Crippen LogP contribution in [0.3, 0.4) is 0 Å². The van der Waals surface area contributed by atoms with Crippen LogP contribution >= 0.6 is 0 Å². The minimum absolute atomic E-state index is 0.287. The summed E-state index contributed by atoms with van der Waals surface area (Å²) in [6.07, 6.45) is 1.84. The number of nitrogens with zero attached hydrogens (tertiary/aromatic N) is 2. The molecule has 2 rings (SSSR count). The molecule has 3 N–H and O–H groups in total. The highest BCUT2D eigenvalue weighted by atomic mass is 16.5. The average Bonchev–Trinajstić information content (AvgIpc) is 2.81. The van der Waals surface area contributed by atoms with Crippen LogP contribution < -0.4 is 10.6 Å². The van der Waals surface area contributed by atoms with Crippen LogP contribution in [0, 0.1) is 0 Å². The number of fused-ring (bicyclic) bond motifs is 1. The van der Waals surface area contributed by atoms with Gasteiger partial charge in [-0.25, -0.2) is 9.31 Å². The van der Waals surface area contributed by atoms with Crippen molar-refractivity contribution >= 4 is 23.2 Å². The molecule has 0 aliphatic heterocycles. The smallest absolute Gasteiger partial charge is 0.409 e. The number of hydrogen-bond donors (Lipinski definition) is 3. The quantitative estimate of drug-likeness (QED) is 0.702. The lowest BCUT2D eigenvalue weighted by molar-refractivity contribution is 0.0938. The van der Waals surface area contributed by atoms with E-state index in [-0.39, 0.29) is 5.91 Å². The van der Waals surface area contributed by atoms with Crippen LogP contribution in [0.1, 0.15) is 10.4 Å². The van der Waals surface area contributed by atoms with Gasteiger partial charge in [0.2, 0.25) is 0 Å². The molecule has 0 unspecified atom stereocenters. The van der Waals surface area contributed by atoms with Gasteiger partial charge in [-0.2, -0.15) is 5.10 Å². The van der Waals surface area contributed by atoms with Crippen molar-refractivity contribution in [2.24, 2.45) is 0 Å². The van der Waals surface area contributed by atoms with Gasteiger partial charge in [-0.3, -0.25) is 10.1 Å². The summed E-state index contributed by atoms with van der Waals surface area (Å²) in [4.78, 5) is 22.6. The number of aromatic nitrogens is 2. The number of methoxy groups -OCH3 is 1. The summed E-state index contributed by atoms with van der Waals surface area (Å²) in [5, 5.41) is 17.6. The molecule has 0 bridgehead atoms. The lowest BCUT2D eigenvalue weighted by Crippen LogP contribution is -2.26. The Morgan fingerprint density at radius 3 is 3.00 bits per heavy atom. The third-order valence-corrected chi connectivity index (χ3v) is 2.61. The molecule has 0 spiro atoms. The van der Waals surface area contributed by atoms with Crippen LogP contribution in [0.4, 0.5) is 10.5 Å². The highest BCUT2D eigenvalue weighted by Gasteiger charge is 2.13. The zero-order chi connectivity index (χ0) is 14.5. The van der Waals surface area contributed by atoms with Gasteiger partial charge in [0.15, 0.2) is 0 Å². The van der Waals surface area contributed by atoms with Crippen LogP contribution in [0.15, 0.2) is 24.5 Å². The Balaban J connectivity index is 2.24. The maximum Gasteiger partial charge on any atom is 0.409 e. The molecule has 0 aliphatic rings. The van der Waals surface area contributed by atoms with Crippen molar-refractivity contribution in [3.8, 4) is 0 Å². The first kappa shape index (κ1) is 13.8. The second-order valence-electron chi connectivity index (χ2n) is 3.98. The molecule has 8 nitrogen and oxygen atoms in total. The minimum atomic E-state index is -1.17. The predicted molar refractivity (Wildman–Crippen MR) is 71.0 cm³/mol. The summed E-state index contributed by atoms with van der Waals surface area (Å²) in [6, 6.07) is 3.10. The van der Waals surface area contributed by atoms with E-state index in [0.717, 1.165) is 0 Å². The number of rotatable bonds is 5.